The van der Waals surface area contributed by atoms with Crippen molar-refractivity contribution in [3.8, 4) is 0 Å². The first kappa shape index (κ1) is 15.3. The van der Waals surface area contributed by atoms with E-state index in [2.05, 4.69) is 31.9 Å². The molecule has 0 fully saturated rings. The highest BCUT2D eigenvalue weighted by molar-refractivity contribution is 9.11. The Kier molecular flexibility index (Phi) is 4.35. The maximum atomic E-state index is 12.7. The van der Waals surface area contributed by atoms with Gasteiger partial charge in [-0.05, 0) is 55.7 Å². The van der Waals surface area contributed by atoms with Gasteiger partial charge in [-0.15, -0.1) is 0 Å². The van der Waals surface area contributed by atoms with Gasteiger partial charge >= 0.3 is 0 Å². The van der Waals surface area contributed by atoms with Gasteiger partial charge in [-0.1, -0.05) is 37.9 Å². The van der Waals surface area contributed by atoms with Gasteiger partial charge in [0.2, 0.25) is 0 Å². The fourth-order valence-corrected chi connectivity index (χ4v) is 3.06. The molecule has 0 bridgehead atoms. The van der Waals surface area contributed by atoms with Crippen LogP contribution in [0, 0.1) is 20.8 Å². The zero-order valence-corrected chi connectivity index (χ0v) is 14.7. The van der Waals surface area contributed by atoms with Crippen LogP contribution >= 0.6 is 31.9 Å². The Morgan fingerprint density at radius 1 is 0.850 bits per heavy atom. The first-order chi connectivity index (χ1) is 9.31. The van der Waals surface area contributed by atoms with Crippen molar-refractivity contribution in [2.45, 2.75) is 20.8 Å². The summed E-state index contributed by atoms with van der Waals surface area (Å²) in [7, 11) is 0. The second-order valence-electron chi connectivity index (χ2n) is 4.93. The minimum atomic E-state index is -0.0261. The second kappa shape index (κ2) is 5.70. The van der Waals surface area contributed by atoms with Crippen LogP contribution < -0.4 is 5.73 Å². The fourth-order valence-electron chi connectivity index (χ4n) is 2.08. The highest BCUT2D eigenvalue weighted by Crippen LogP contribution is 2.29. The van der Waals surface area contributed by atoms with Crippen molar-refractivity contribution < 1.29 is 4.79 Å². The van der Waals surface area contributed by atoms with Crippen molar-refractivity contribution in [2.24, 2.45) is 0 Å². The van der Waals surface area contributed by atoms with Crippen LogP contribution in [0.15, 0.2) is 33.2 Å². The van der Waals surface area contributed by atoms with Crippen molar-refractivity contribution in [1.29, 1.82) is 0 Å². The number of anilines is 1. The Morgan fingerprint density at radius 3 is 2.15 bits per heavy atom. The van der Waals surface area contributed by atoms with Gasteiger partial charge in [0.15, 0.2) is 5.78 Å². The molecule has 0 aliphatic rings. The monoisotopic (exact) mass is 395 g/mol. The molecule has 0 saturated heterocycles. The predicted molar refractivity (Wildman–Crippen MR) is 90.3 cm³/mol. The summed E-state index contributed by atoms with van der Waals surface area (Å²) in [6.07, 6.45) is 0. The smallest absolute Gasteiger partial charge is 0.194 e. The van der Waals surface area contributed by atoms with Crippen LogP contribution in [-0.2, 0) is 0 Å². The molecule has 0 amide bonds. The van der Waals surface area contributed by atoms with Crippen LogP contribution in [0.25, 0.3) is 0 Å². The van der Waals surface area contributed by atoms with E-state index in [0.717, 1.165) is 25.6 Å². The fraction of sp³-hybridized carbons (Fsp3) is 0.188. The Bertz CT molecular complexity index is 649. The lowest BCUT2D eigenvalue weighted by Gasteiger charge is -2.11. The van der Waals surface area contributed by atoms with Crippen LogP contribution in [0.2, 0.25) is 0 Å². The number of carbonyl (C=O) groups is 1. The number of benzene rings is 2. The molecule has 0 heterocycles. The minimum Gasteiger partial charge on any atom is -0.398 e. The minimum absolute atomic E-state index is 0.0261. The first-order valence-corrected chi connectivity index (χ1v) is 7.77. The zero-order chi connectivity index (χ0) is 15.0. The largest absolute Gasteiger partial charge is 0.398 e. The Hall–Kier alpha value is -1.13. The predicted octanol–water partition coefficient (Wildman–Crippen LogP) is 4.95. The van der Waals surface area contributed by atoms with E-state index in [0.29, 0.717) is 16.8 Å². The molecule has 2 rings (SSSR count). The molecule has 104 valence electrons. The van der Waals surface area contributed by atoms with Gasteiger partial charge in [0.05, 0.1) is 0 Å². The van der Waals surface area contributed by atoms with E-state index >= 15 is 0 Å². The Labute approximate surface area is 135 Å². The van der Waals surface area contributed by atoms with Gasteiger partial charge in [-0.25, -0.2) is 0 Å². The van der Waals surface area contributed by atoms with Crippen molar-refractivity contribution in [1.82, 2.24) is 0 Å². The average molecular weight is 397 g/mol. The third-order valence-electron chi connectivity index (χ3n) is 3.35. The second-order valence-corrected chi connectivity index (χ2v) is 6.64. The summed E-state index contributed by atoms with van der Waals surface area (Å²) in [6.45, 7) is 5.85. The zero-order valence-electron chi connectivity index (χ0n) is 11.6. The SMILES string of the molecule is Cc1cc(C)c(C(=O)c2cc(Br)c(C)cc2Br)cc1N. The molecule has 0 radical (unpaired) electrons. The maximum Gasteiger partial charge on any atom is 0.194 e. The highest BCUT2D eigenvalue weighted by atomic mass is 79.9. The topological polar surface area (TPSA) is 43.1 Å². The lowest BCUT2D eigenvalue weighted by atomic mass is 9.96. The van der Waals surface area contributed by atoms with Crippen molar-refractivity contribution >= 4 is 43.3 Å². The molecule has 20 heavy (non-hydrogen) atoms. The summed E-state index contributed by atoms with van der Waals surface area (Å²) in [5, 5.41) is 0. The summed E-state index contributed by atoms with van der Waals surface area (Å²) in [4.78, 5) is 12.7. The third kappa shape index (κ3) is 2.81. The van der Waals surface area contributed by atoms with E-state index in [9.17, 15) is 4.79 Å². The number of hydrogen-bond acceptors (Lipinski definition) is 2. The molecule has 2 N–H and O–H groups in total. The maximum absolute atomic E-state index is 12.7. The van der Waals surface area contributed by atoms with E-state index in [4.69, 9.17) is 5.73 Å². The van der Waals surface area contributed by atoms with E-state index in [1.807, 2.05) is 39.0 Å². The number of ketones is 1. The molecule has 0 saturated carbocycles. The van der Waals surface area contributed by atoms with Crippen molar-refractivity contribution in [2.75, 3.05) is 5.73 Å². The summed E-state index contributed by atoms with van der Waals surface area (Å²) < 4.78 is 1.71. The number of hydrogen-bond donors (Lipinski definition) is 1. The number of aryl methyl sites for hydroxylation is 3. The lowest BCUT2D eigenvalue weighted by Crippen LogP contribution is -2.07. The van der Waals surface area contributed by atoms with Crippen molar-refractivity contribution in [3.05, 3.63) is 61.0 Å². The molecule has 2 nitrogen and oxygen atoms in total. The van der Waals surface area contributed by atoms with Gasteiger partial charge in [0.25, 0.3) is 0 Å². The van der Waals surface area contributed by atoms with Crippen LogP contribution in [0.4, 0.5) is 5.69 Å². The van der Waals surface area contributed by atoms with E-state index in [1.165, 1.54) is 0 Å². The number of carbonyl (C=O) groups excluding carboxylic acids is 1. The van der Waals surface area contributed by atoms with E-state index < -0.39 is 0 Å². The summed E-state index contributed by atoms with van der Waals surface area (Å²) >= 11 is 6.93. The number of nitrogen functional groups attached to an aromatic ring is 1. The number of halogens is 2. The molecule has 0 unspecified atom stereocenters. The van der Waals surface area contributed by atoms with Crippen molar-refractivity contribution in [3.63, 3.8) is 0 Å². The number of rotatable bonds is 2. The summed E-state index contributed by atoms with van der Waals surface area (Å²) in [5.41, 5.74) is 10.8. The third-order valence-corrected chi connectivity index (χ3v) is 4.86. The molecular formula is C16H15Br2NO. The van der Waals surface area contributed by atoms with Gasteiger partial charge in [-0.2, -0.15) is 0 Å². The summed E-state index contributed by atoms with van der Waals surface area (Å²) in [6, 6.07) is 7.48. The van der Waals surface area contributed by atoms with Crippen LogP contribution in [0.3, 0.4) is 0 Å². The molecule has 2 aromatic rings. The van der Waals surface area contributed by atoms with Gasteiger partial charge < -0.3 is 5.73 Å². The molecule has 0 aromatic heterocycles. The van der Waals surface area contributed by atoms with Crippen LogP contribution in [0.1, 0.15) is 32.6 Å². The molecule has 0 atom stereocenters. The summed E-state index contributed by atoms with van der Waals surface area (Å²) in [5.74, 6) is -0.0261. The first-order valence-electron chi connectivity index (χ1n) is 6.18. The Balaban J connectivity index is 2.57. The Morgan fingerprint density at radius 2 is 1.50 bits per heavy atom. The molecule has 2 aromatic carbocycles. The van der Waals surface area contributed by atoms with E-state index in [1.54, 1.807) is 6.07 Å². The average Bonchev–Trinajstić information content (AvgIpc) is 2.37. The highest BCUT2D eigenvalue weighted by Gasteiger charge is 2.17. The standard InChI is InChI=1S/C16H15Br2NO/c1-8-4-10(3)15(19)7-11(8)16(20)12-6-13(17)9(2)5-14(12)18/h4-7H,19H2,1-3H3. The van der Waals surface area contributed by atoms with Gasteiger partial charge in [-0.3, -0.25) is 4.79 Å². The van der Waals surface area contributed by atoms with Crippen LogP contribution in [0.5, 0.6) is 0 Å². The quantitative estimate of drug-likeness (QED) is 0.576. The van der Waals surface area contributed by atoms with Crippen LogP contribution in [-0.4, -0.2) is 5.78 Å². The number of nitrogens with two attached hydrogens (primary N) is 1. The molecule has 0 spiro atoms. The molecule has 0 aliphatic heterocycles. The molecular weight excluding hydrogens is 382 g/mol. The van der Waals surface area contributed by atoms with E-state index in [-0.39, 0.29) is 5.78 Å². The molecule has 4 heteroatoms. The molecule has 0 aliphatic carbocycles. The lowest BCUT2D eigenvalue weighted by molar-refractivity contribution is 0.103. The van der Waals surface area contributed by atoms with Gasteiger partial charge in [0.1, 0.15) is 0 Å². The van der Waals surface area contributed by atoms with Gasteiger partial charge in [0, 0.05) is 25.8 Å². The normalized spacial score (nSPS) is 10.7.